The number of halogens is 1. The van der Waals surface area contributed by atoms with E-state index in [1.54, 1.807) is 0 Å². The molecule has 0 radical (unpaired) electrons. The predicted octanol–water partition coefficient (Wildman–Crippen LogP) is 4.71. The van der Waals surface area contributed by atoms with Crippen LogP contribution in [0.3, 0.4) is 0 Å². The van der Waals surface area contributed by atoms with Crippen molar-refractivity contribution in [2.75, 3.05) is 5.32 Å². The lowest BCUT2D eigenvalue weighted by molar-refractivity contribution is -0.117. The Labute approximate surface area is 156 Å². The summed E-state index contributed by atoms with van der Waals surface area (Å²) in [4.78, 5) is 12.3. The van der Waals surface area contributed by atoms with E-state index >= 15 is 0 Å². The molecule has 2 aromatic carbocycles. The number of para-hydroxylation sites is 1. The summed E-state index contributed by atoms with van der Waals surface area (Å²) in [6.45, 7) is 4.00. The first-order valence-corrected chi connectivity index (χ1v) is 8.85. The Kier molecular flexibility index (Phi) is 6.79. The average Bonchev–Trinajstić information content (AvgIpc) is 2.63. The highest BCUT2D eigenvalue weighted by atomic mass is 79.9. The first kappa shape index (κ1) is 18.8. The Morgan fingerprint density at radius 2 is 1.92 bits per heavy atom. The summed E-state index contributed by atoms with van der Waals surface area (Å²) in [5, 5.41) is 15.1. The van der Waals surface area contributed by atoms with Gasteiger partial charge in [-0.3, -0.25) is 4.79 Å². The first-order chi connectivity index (χ1) is 12.0. The van der Waals surface area contributed by atoms with E-state index in [2.05, 4.69) is 33.5 Å². The summed E-state index contributed by atoms with van der Waals surface area (Å²) >= 11 is 3.41. The highest BCUT2D eigenvalue weighted by molar-refractivity contribution is 9.10. The van der Waals surface area contributed by atoms with E-state index in [4.69, 9.17) is 0 Å². The maximum atomic E-state index is 12.3. The Bertz CT molecular complexity index is 806. The molecule has 1 atom stereocenters. The van der Waals surface area contributed by atoms with Gasteiger partial charge in [-0.25, -0.2) is 0 Å². The van der Waals surface area contributed by atoms with Crippen molar-refractivity contribution in [3.8, 4) is 6.07 Å². The van der Waals surface area contributed by atoms with E-state index in [0.29, 0.717) is 0 Å². The quantitative estimate of drug-likeness (QED) is 0.547. The fourth-order valence-electron chi connectivity index (χ4n) is 2.28. The van der Waals surface area contributed by atoms with Crippen LogP contribution in [0.5, 0.6) is 0 Å². The molecule has 0 saturated carbocycles. The fraction of sp³-hybridized carbons (Fsp3) is 0.200. The molecule has 2 aromatic rings. The number of carbonyl (C=O) groups excluding carboxylic acids is 1. The zero-order valence-corrected chi connectivity index (χ0v) is 15.8. The lowest BCUT2D eigenvalue weighted by atomic mass is 10.0. The molecule has 5 heteroatoms. The van der Waals surface area contributed by atoms with Crippen molar-refractivity contribution in [2.45, 2.75) is 26.3 Å². The Morgan fingerprint density at radius 3 is 2.52 bits per heavy atom. The molecule has 0 saturated heterocycles. The van der Waals surface area contributed by atoms with Crippen LogP contribution < -0.4 is 10.6 Å². The molecule has 0 aromatic heterocycles. The lowest BCUT2D eigenvalue weighted by Gasteiger charge is -2.14. The molecule has 25 heavy (non-hydrogen) atoms. The second kappa shape index (κ2) is 9.05. The lowest BCUT2D eigenvalue weighted by Crippen LogP contribution is -2.28. The maximum Gasteiger partial charge on any atom is 0.263 e. The van der Waals surface area contributed by atoms with Crippen LogP contribution in [0.25, 0.3) is 0 Å². The van der Waals surface area contributed by atoms with Gasteiger partial charge in [0.15, 0.2) is 0 Å². The molecule has 128 valence electrons. The van der Waals surface area contributed by atoms with Crippen LogP contribution in [0.2, 0.25) is 0 Å². The maximum absolute atomic E-state index is 12.3. The van der Waals surface area contributed by atoms with E-state index in [0.717, 1.165) is 22.1 Å². The standard InChI is InChI=1S/C20H20BrN3O/c1-3-15-8-10-16(11-9-15)14(2)24-20(25)17(12-22)13-23-19-7-5-4-6-18(19)21/h4-11,13-14,23H,3H2,1-2H3,(H,24,25)/b17-13-. The number of benzene rings is 2. The minimum absolute atomic E-state index is 0.0211. The number of nitrogens with one attached hydrogen (secondary N) is 2. The molecule has 0 aliphatic carbocycles. The third-order valence-corrected chi connectivity index (χ3v) is 4.54. The summed E-state index contributed by atoms with van der Waals surface area (Å²) in [6, 6.07) is 17.3. The molecule has 1 amide bonds. The number of amides is 1. The van der Waals surface area contributed by atoms with Gasteiger partial charge in [-0.05, 0) is 52.5 Å². The first-order valence-electron chi connectivity index (χ1n) is 8.06. The second-order valence-corrected chi connectivity index (χ2v) is 6.44. The molecule has 2 rings (SSSR count). The molecule has 0 fully saturated rings. The second-order valence-electron chi connectivity index (χ2n) is 5.58. The van der Waals surface area contributed by atoms with Crippen LogP contribution in [-0.4, -0.2) is 5.91 Å². The molecule has 0 aliphatic rings. The summed E-state index contributed by atoms with van der Waals surface area (Å²) in [5.41, 5.74) is 3.05. The molecule has 0 aliphatic heterocycles. The van der Waals surface area contributed by atoms with E-state index < -0.39 is 5.91 Å². The van der Waals surface area contributed by atoms with Crippen LogP contribution >= 0.6 is 15.9 Å². The SMILES string of the molecule is CCc1ccc(C(C)NC(=O)/C(C#N)=C\Nc2ccccc2Br)cc1. The van der Waals surface area contributed by atoms with Crippen LogP contribution in [0.15, 0.2) is 64.8 Å². The number of nitriles is 1. The van der Waals surface area contributed by atoms with Gasteiger partial charge in [-0.15, -0.1) is 0 Å². The normalized spacial score (nSPS) is 12.2. The number of aryl methyl sites for hydroxylation is 1. The molecule has 0 heterocycles. The van der Waals surface area contributed by atoms with Crippen molar-refractivity contribution in [3.05, 3.63) is 75.9 Å². The molecule has 0 bridgehead atoms. The van der Waals surface area contributed by atoms with Crippen molar-refractivity contribution in [1.29, 1.82) is 5.26 Å². The van der Waals surface area contributed by atoms with Gasteiger partial charge < -0.3 is 10.6 Å². The third-order valence-electron chi connectivity index (χ3n) is 3.85. The van der Waals surface area contributed by atoms with Crippen LogP contribution in [0, 0.1) is 11.3 Å². The minimum Gasteiger partial charge on any atom is -0.359 e. The smallest absolute Gasteiger partial charge is 0.263 e. The molecule has 4 nitrogen and oxygen atoms in total. The summed E-state index contributed by atoms with van der Waals surface area (Å²) in [5.74, 6) is -0.408. The van der Waals surface area contributed by atoms with Gasteiger partial charge in [0.2, 0.25) is 0 Å². The monoisotopic (exact) mass is 397 g/mol. The topological polar surface area (TPSA) is 64.9 Å². The van der Waals surface area contributed by atoms with Crippen LogP contribution in [-0.2, 0) is 11.2 Å². The predicted molar refractivity (Wildman–Crippen MR) is 104 cm³/mol. The third kappa shape index (κ3) is 5.20. The van der Waals surface area contributed by atoms with Gasteiger partial charge in [0.05, 0.1) is 11.7 Å². The Hall–Kier alpha value is -2.58. The van der Waals surface area contributed by atoms with Crippen LogP contribution in [0.4, 0.5) is 5.69 Å². The van der Waals surface area contributed by atoms with Gasteiger partial charge in [-0.1, -0.05) is 43.3 Å². The molecule has 1 unspecified atom stereocenters. The summed E-state index contributed by atoms with van der Waals surface area (Å²) in [6.07, 6.45) is 2.39. The molecular weight excluding hydrogens is 378 g/mol. The fourth-order valence-corrected chi connectivity index (χ4v) is 2.68. The van der Waals surface area contributed by atoms with Crippen molar-refractivity contribution in [3.63, 3.8) is 0 Å². The molecule has 2 N–H and O–H groups in total. The highest BCUT2D eigenvalue weighted by Crippen LogP contribution is 2.21. The van der Waals surface area contributed by atoms with Crippen molar-refractivity contribution >= 4 is 27.5 Å². The highest BCUT2D eigenvalue weighted by Gasteiger charge is 2.14. The zero-order chi connectivity index (χ0) is 18.2. The van der Waals surface area contributed by atoms with Crippen LogP contribution in [0.1, 0.15) is 31.0 Å². The van der Waals surface area contributed by atoms with E-state index in [1.807, 2.05) is 61.5 Å². The Morgan fingerprint density at radius 1 is 1.24 bits per heavy atom. The van der Waals surface area contributed by atoms with Gasteiger partial charge in [0.25, 0.3) is 5.91 Å². The summed E-state index contributed by atoms with van der Waals surface area (Å²) < 4.78 is 0.855. The van der Waals surface area contributed by atoms with E-state index in [9.17, 15) is 10.1 Å². The van der Waals surface area contributed by atoms with E-state index in [1.165, 1.54) is 11.8 Å². The molecule has 0 spiro atoms. The van der Waals surface area contributed by atoms with Crippen molar-refractivity contribution in [2.24, 2.45) is 0 Å². The van der Waals surface area contributed by atoms with Crippen molar-refractivity contribution < 1.29 is 4.79 Å². The van der Waals surface area contributed by atoms with Gasteiger partial charge in [-0.2, -0.15) is 5.26 Å². The number of anilines is 1. The summed E-state index contributed by atoms with van der Waals surface area (Å²) in [7, 11) is 0. The molecular formula is C20H20BrN3O. The largest absolute Gasteiger partial charge is 0.359 e. The van der Waals surface area contributed by atoms with E-state index in [-0.39, 0.29) is 11.6 Å². The van der Waals surface area contributed by atoms with Gasteiger partial charge in [0, 0.05) is 10.7 Å². The van der Waals surface area contributed by atoms with Gasteiger partial charge >= 0.3 is 0 Å². The number of nitrogens with zero attached hydrogens (tertiary/aromatic N) is 1. The zero-order valence-electron chi connectivity index (χ0n) is 14.2. The number of hydrogen-bond acceptors (Lipinski definition) is 3. The number of carbonyl (C=O) groups is 1. The number of rotatable bonds is 6. The van der Waals surface area contributed by atoms with Gasteiger partial charge in [0.1, 0.15) is 11.6 Å². The van der Waals surface area contributed by atoms with Crippen molar-refractivity contribution in [1.82, 2.24) is 5.32 Å². The minimum atomic E-state index is -0.408. The number of hydrogen-bond donors (Lipinski definition) is 2. The average molecular weight is 398 g/mol. The Balaban J connectivity index is 2.05.